The maximum atomic E-state index is 13.7. The highest BCUT2D eigenvalue weighted by Gasteiger charge is 2.23. The number of hydrazine groups is 1. The molecular formula is C24H25FN6O2. The second kappa shape index (κ2) is 8.76. The number of nitrogens with zero attached hydrogens (tertiary/aromatic N) is 3. The largest absolute Gasteiger partial charge is 0.493 e. The van der Waals surface area contributed by atoms with Crippen molar-refractivity contribution < 1.29 is 13.9 Å². The lowest BCUT2D eigenvalue weighted by Crippen LogP contribution is -2.40. The number of nitrogens with one attached hydrogen (secondary N) is 2. The number of halogens is 1. The van der Waals surface area contributed by atoms with Gasteiger partial charge in [-0.05, 0) is 55.5 Å². The number of allylic oxidation sites excluding steroid dienone is 2. The van der Waals surface area contributed by atoms with Crippen molar-refractivity contribution in [1.82, 2.24) is 20.7 Å². The predicted molar refractivity (Wildman–Crippen MR) is 122 cm³/mol. The third-order valence-corrected chi connectivity index (χ3v) is 5.78. The summed E-state index contributed by atoms with van der Waals surface area (Å²) in [4.78, 5) is 21.7. The zero-order chi connectivity index (χ0) is 22.9. The highest BCUT2D eigenvalue weighted by molar-refractivity contribution is 6.04. The van der Waals surface area contributed by atoms with Gasteiger partial charge in [0.15, 0.2) is 6.29 Å². The van der Waals surface area contributed by atoms with Crippen molar-refractivity contribution >= 4 is 17.3 Å². The second-order valence-electron chi connectivity index (χ2n) is 8.39. The summed E-state index contributed by atoms with van der Waals surface area (Å²) in [5, 5.41) is 4.66. The number of aryl methyl sites for hydroxylation is 1. The summed E-state index contributed by atoms with van der Waals surface area (Å²) in [5.74, 6) is 1.09. The molecule has 1 saturated carbocycles. The molecule has 9 heteroatoms. The molecule has 1 atom stereocenters. The van der Waals surface area contributed by atoms with Crippen molar-refractivity contribution in [1.29, 1.82) is 0 Å². The molecule has 0 spiro atoms. The van der Waals surface area contributed by atoms with Crippen molar-refractivity contribution in [2.45, 2.75) is 32.6 Å². The Balaban J connectivity index is 1.31. The van der Waals surface area contributed by atoms with Crippen LogP contribution in [0, 0.1) is 18.7 Å². The van der Waals surface area contributed by atoms with E-state index in [0.29, 0.717) is 35.4 Å². The molecule has 2 aliphatic heterocycles. The highest BCUT2D eigenvalue weighted by Crippen LogP contribution is 2.31. The minimum absolute atomic E-state index is 0.223. The molecule has 3 heterocycles. The summed E-state index contributed by atoms with van der Waals surface area (Å²) in [6, 6.07) is 6.19. The number of pyridine rings is 1. The Labute approximate surface area is 191 Å². The molecule has 1 aliphatic carbocycles. The third-order valence-electron chi connectivity index (χ3n) is 5.78. The highest BCUT2D eigenvalue weighted by atomic mass is 19.1. The summed E-state index contributed by atoms with van der Waals surface area (Å²) >= 11 is 0. The molecule has 3 aliphatic rings. The van der Waals surface area contributed by atoms with Crippen molar-refractivity contribution in [2.75, 3.05) is 6.61 Å². The van der Waals surface area contributed by atoms with Gasteiger partial charge in [0.05, 0.1) is 17.9 Å². The molecule has 0 radical (unpaired) electrons. The van der Waals surface area contributed by atoms with E-state index < -0.39 is 6.29 Å². The van der Waals surface area contributed by atoms with Crippen LogP contribution in [-0.4, -0.2) is 34.6 Å². The lowest BCUT2D eigenvalue weighted by atomic mass is 10.0. The summed E-state index contributed by atoms with van der Waals surface area (Å²) in [6.45, 7) is 2.58. The first-order valence-electron chi connectivity index (χ1n) is 10.9. The Hall–Kier alpha value is -3.56. The summed E-state index contributed by atoms with van der Waals surface area (Å²) in [5.41, 5.74) is 12.3. The second-order valence-corrected chi connectivity index (χ2v) is 8.39. The van der Waals surface area contributed by atoms with Gasteiger partial charge in [-0.25, -0.2) is 9.38 Å². The normalized spacial score (nSPS) is 19.1. The van der Waals surface area contributed by atoms with Crippen LogP contribution in [0.4, 0.5) is 4.39 Å². The van der Waals surface area contributed by atoms with E-state index in [1.165, 1.54) is 12.1 Å². The first-order valence-corrected chi connectivity index (χ1v) is 10.9. The average Bonchev–Trinajstić information content (AvgIpc) is 3.55. The number of hydrogen-bond donors (Lipinski definition) is 3. The smallest absolute Gasteiger partial charge is 0.253 e. The molecule has 2 aromatic rings. The van der Waals surface area contributed by atoms with Gasteiger partial charge in [-0.15, -0.1) is 0 Å². The Kier molecular flexibility index (Phi) is 5.65. The van der Waals surface area contributed by atoms with Crippen molar-refractivity contribution in [2.24, 2.45) is 16.6 Å². The number of carbonyl (C=O) groups is 1. The summed E-state index contributed by atoms with van der Waals surface area (Å²) in [7, 11) is 0. The Bertz CT molecular complexity index is 1190. The summed E-state index contributed by atoms with van der Waals surface area (Å²) < 4.78 is 19.5. The molecule has 1 aromatic heterocycles. The van der Waals surface area contributed by atoms with E-state index in [0.717, 1.165) is 29.5 Å². The number of nitrogens with two attached hydrogens (primary N) is 1. The number of fused-ring (bicyclic) bond motifs is 1. The molecule has 170 valence electrons. The predicted octanol–water partition coefficient (Wildman–Crippen LogP) is 2.62. The SMILES string of the molecule is Cc1ncc(C2=CC3=NC(N)NN3C=C2)cc1C(=O)NCc1ccc(F)cc1OCC1CC1. The van der Waals surface area contributed by atoms with Gasteiger partial charge < -0.3 is 10.1 Å². The Morgan fingerprint density at radius 1 is 1.36 bits per heavy atom. The quantitative estimate of drug-likeness (QED) is 0.602. The van der Waals surface area contributed by atoms with Crippen molar-refractivity contribution in [3.63, 3.8) is 0 Å². The van der Waals surface area contributed by atoms with Gasteiger partial charge in [-0.3, -0.25) is 20.5 Å². The van der Waals surface area contributed by atoms with Gasteiger partial charge in [0, 0.05) is 36.1 Å². The van der Waals surface area contributed by atoms with Crippen LogP contribution < -0.4 is 21.2 Å². The first kappa shape index (κ1) is 21.3. The molecule has 0 saturated heterocycles. The number of benzene rings is 1. The van der Waals surface area contributed by atoms with Crippen LogP contribution in [0.15, 0.2) is 53.8 Å². The third kappa shape index (κ3) is 4.79. The number of ether oxygens (including phenoxy) is 1. The molecule has 0 bridgehead atoms. The lowest BCUT2D eigenvalue weighted by molar-refractivity contribution is 0.0949. The minimum Gasteiger partial charge on any atom is -0.493 e. The number of aromatic nitrogens is 1. The van der Waals surface area contributed by atoms with Crippen LogP contribution in [0.5, 0.6) is 5.75 Å². The fourth-order valence-electron chi connectivity index (χ4n) is 3.68. The van der Waals surface area contributed by atoms with Crippen LogP contribution in [0.2, 0.25) is 0 Å². The Morgan fingerprint density at radius 3 is 3.03 bits per heavy atom. The molecule has 5 rings (SSSR count). The van der Waals surface area contributed by atoms with E-state index in [1.807, 2.05) is 24.4 Å². The molecule has 1 aromatic carbocycles. The monoisotopic (exact) mass is 448 g/mol. The zero-order valence-corrected chi connectivity index (χ0v) is 18.2. The lowest BCUT2D eigenvalue weighted by Gasteiger charge is -2.19. The fourth-order valence-corrected chi connectivity index (χ4v) is 3.68. The maximum Gasteiger partial charge on any atom is 0.253 e. The molecule has 1 amide bonds. The van der Waals surface area contributed by atoms with Gasteiger partial charge in [-0.1, -0.05) is 6.07 Å². The van der Waals surface area contributed by atoms with Crippen LogP contribution in [-0.2, 0) is 6.54 Å². The first-order chi connectivity index (χ1) is 16.0. The van der Waals surface area contributed by atoms with Crippen LogP contribution >= 0.6 is 0 Å². The van der Waals surface area contributed by atoms with E-state index in [9.17, 15) is 9.18 Å². The van der Waals surface area contributed by atoms with Crippen molar-refractivity contribution in [3.8, 4) is 5.75 Å². The number of rotatable bonds is 7. The standard InChI is InChI=1S/C24H25FN6O2/c1-14-20(8-18(12-27-14)16-6-7-31-22(9-16)29-24(26)30-31)23(32)28-11-17-4-5-19(25)10-21(17)33-13-15-2-3-15/h4-10,12,15,24,30H,2-3,11,13,26H2,1H3,(H,28,32). The van der Waals surface area contributed by atoms with Gasteiger partial charge in [0.1, 0.15) is 17.4 Å². The molecule has 8 nitrogen and oxygen atoms in total. The number of aliphatic imine (C=N–C) groups is 1. The number of amides is 1. The van der Waals surface area contributed by atoms with Crippen LogP contribution in [0.1, 0.15) is 40.0 Å². The average molecular weight is 449 g/mol. The molecule has 1 fully saturated rings. The van der Waals surface area contributed by atoms with Gasteiger partial charge in [0.2, 0.25) is 0 Å². The molecule has 33 heavy (non-hydrogen) atoms. The maximum absolute atomic E-state index is 13.7. The van der Waals surface area contributed by atoms with E-state index in [1.54, 1.807) is 24.2 Å². The Morgan fingerprint density at radius 2 is 2.21 bits per heavy atom. The van der Waals surface area contributed by atoms with Gasteiger partial charge in [-0.2, -0.15) is 5.43 Å². The minimum atomic E-state index is -0.484. The number of hydrogen-bond acceptors (Lipinski definition) is 7. The number of carbonyl (C=O) groups excluding carboxylic acids is 1. The molecule has 1 unspecified atom stereocenters. The van der Waals surface area contributed by atoms with Gasteiger partial charge >= 0.3 is 0 Å². The topological polar surface area (TPSA) is 105 Å². The van der Waals surface area contributed by atoms with E-state index in [4.69, 9.17) is 10.5 Å². The zero-order valence-electron chi connectivity index (χ0n) is 18.2. The summed E-state index contributed by atoms with van der Waals surface area (Å²) in [6.07, 6.45) is 9.15. The van der Waals surface area contributed by atoms with E-state index in [-0.39, 0.29) is 18.3 Å². The van der Waals surface area contributed by atoms with Gasteiger partial charge in [0.25, 0.3) is 5.91 Å². The van der Waals surface area contributed by atoms with Crippen LogP contribution in [0.3, 0.4) is 0 Å². The van der Waals surface area contributed by atoms with E-state index in [2.05, 4.69) is 20.7 Å². The molecule has 4 N–H and O–H groups in total. The number of amidine groups is 1. The van der Waals surface area contributed by atoms with E-state index >= 15 is 0 Å². The van der Waals surface area contributed by atoms with Crippen molar-refractivity contribution in [3.05, 3.63) is 77.0 Å². The molecular weight excluding hydrogens is 423 g/mol. The van der Waals surface area contributed by atoms with Crippen LogP contribution in [0.25, 0.3) is 5.57 Å². The fraction of sp³-hybridized carbons (Fsp3) is 0.292.